The summed E-state index contributed by atoms with van der Waals surface area (Å²) in [5, 5.41) is 0. The van der Waals surface area contributed by atoms with Crippen molar-refractivity contribution < 1.29 is 4.79 Å². The lowest BCUT2D eigenvalue weighted by Gasteiger charge is -2.26. The molecule has 0 spiro atoms. The number of rotatable bonds is 4. The van der Waals surface area contributed by atoms with Gasteiger partial charge in [0.2, 0.25) is 0 Å². The van der Waals surface area contributed by atoms with Crippen molar-refractivity contribution in [1.82, 2.24) is 4.90 Å². The average Bonchev–Trinajstić information content (AvgIpc) is 2.45. The van der Waals surface area contributed by atoms with Crippen LogP contribution in [0.25, 0.3) is 0 Å². The van der Waals surface area contributed by atoms with Crippen molar-refractivity contribution >= 4 is 5.78 Å². The zero-order chi connectivity index (χ0) is 10.4. The molecule has 82 valence electrons. The molecule has 0 saturated heterocycles. The van der Waals surface area contributed by atoms with Crippen molar-refractivity contribution in [2.45, 2.75) is 57.9 Å². The molecule has 0 amide bonds. The van der Waals surface area contributed by atoms with Gasteiger partial charge in [0.1, 0.15) is 5.78 Å². The van der Waals surface area contributed by atoms with Crippen molar-refractivity contribution in [1.29, 1.82) is 0 Å². The summed E-state index contributed by atoms with van der Waals surface area (Å²) >= 11 is 0. The van der Waals surface area contributed by atoms with Gasteiger partial charge in [-0.3, -0.25) is 9.69 Å². The van der Waals surface area contributed by atoms with E-state index in [1.807, 2.05) is 6.92 Å². The maximum absolute atomic E-state index is 11.3. The fraction of sp³-hybridized carbons (Fsp3) is 0.917. The largest absolute Gasteiger partial charge is 0.298 e. The molecule has 0 heterocycles. The van der Waals surface area contributed by atoms with E-state index in [0.717, 1.165) is 0 Å². The third-order valence-corrected chi connectivity index (χ3v) is 3.27. The third-order valence-electron chi connectivity index (χ3n) is 3.27. The van der Waals surface area contributed by atoms with Gasteiger partial charge in [-0.1, -0.05) is 32.6 Å². The van der Waals surface area contributed by atoms with E-state index in [2.05, 4.69) is 11.9 Å². The molecule has 0 radical (unpaired) electrons. The zero-order valence-electron chi connectivity index (χ0n) is 9.59. The minimum Gasteiger partial charge on any atom is -0.298 e. The molecule has 1 saturated carbocycles. The number of nitrogens with zero attached hydrogens (tertiary/aromatic N) is 1. The molecule has 0 atom stereocenters. The van der Waals surface area contributed by atoms with E-state index in [1.54, 1.807) is 0 Å². The molecule has 0 aromatic rings. The van der Waals surface area contributed by atoms with Crippen molar-refractivity contribution in [3.63, 3.8) is 0 Å². The van der Waals surface area contributed by atoms with Crippen LogP contribution in [-0.4, -0.2) is 30.3 Å². The van der Waals surface area contributed by atoms with Crippen LogP contribution >= 0.6 is 0 Å². The van der Waals surface area contributed by atoms with Crippen LogP contribution in [0.2, 0.25) is 0 Å². The Bertz CT molecular complexity index is 171. The number of likely N-dealkylation sites (N-methyl/N-ethyl adjacent to an activating group) is 1. The van der Waals surface area contributed by atoms with E-state index < -0.39 is 0 Å². The highest BCUT2D eigenvalue weighted by Gasteiger charge is 2.17. The Labute approximate surface area is 87.7 Å². The highest BCUT2D eigenvalue weighted by Crippen LogP contribution is 2.20. The molecular formula is C12H23NO. The Morgan fingerprint density at radius 2 is 1.79 bits per heavy atom. The van der Waals surface area contributed by atoms with E-state index in [-0.39, 0.29) is 0 Å². The van der Waals surface area contributed by atoms with E-state index in [1.165, 1.54) is 38.5 Å². The molecule has 0 aliphatic heterocycles. The summed E-state index contributed by atoms with van der Waals surface area (Å²) in [6, 6.07) is 0.660. The molecule has 0 bridgehead atoms. The number of carbonyl (C=O) groups is 1. The third kappa shape index (κ3) is 3.79. The molecule has 1 rings (SSSR count). The van der Waals surface area contributed by atoms with Crippen molar-refractivity contribution in [2.24, 2.45) is 0 Å². The van der Waals surface area contributed by atoms with E-state index in [9.17, 15) is 4.79 Å². The normalized spacial score (nSPS) is 19.6. The molecule has 0 unspecified atom stereocenters. The van der Waals surface area contributed by atoms with Crippen LogP contribution in [-0.2, 0) is 4.79 Å². The maximum Gasteiger partial charge on any atom is 0.146 e. The Hall–Kier alpha value is -0.370. The first kappa shape index (κ1) is 11.7. The Balaban J connectivity index is 2.33. The summed E-state index contributed by atoms with van der Waals surface area (Å²) in [6.45, 7) is 2.60. The zero-order valence-corrected chi connectivity index (χ0v) is 9.59. The fourth-order valence-electron chi connectivity index (χ4n) is 2.22. The molecule has 1 aliphatic carbocycles. The lowest BCUT2D eigenvalue weighted by atomic mass is 10.1. The SMILES string of the molecule is CCC(=O)CN(C)C1CCCCCC1. The van der Waals surface area contributed by atoms with Gasteiger partial charge in [0.15, 0.2) is 0 Å². The summed E-state index contributed by atoms with van der Waals surface area (Å²) in [5.41, 5.74) is 0. The molecule has 2 nitrogen and oxygen atoms in total. The molecule has 2 heteroatoms. The van der Waals surface area contributed by atoms with Crippen molar-refractivity contribution in [2.75, 3.05) is 13.6 Å². The first-order valence-corrected chi connectivity index (χ1v) is 5.96. The number of hydrogen-bond donors (Lipinski definition) is 0. The smallest absolute Gasteiger partial charge is 0.146 e. The summed E-state index contributed by atoms with van der Waals surface area (Å²) in [7, 11) is 2.10. The molecule has 0 aromatic carbocycles. The summed E-state index contributed by atoms with van der Waals surface area (Å²) in [6.07, 6.45) is 8.70. The van der Waals surface area contributed by atoms with Crippen LogP contribution < -0.4 is 0 Å². The number of Topliss-reactive ketones (excluding diaryl/α,β-unsaturated/α-hetero) is 1. The lowest BCUT2D eigenvalue weighted by molar-refractivity contribution is -0.120. The van der Waals surface area contributed by atoms with Crippen LogP contribution in [0.1, 0.15) is 51.9 Å². The van der Waals surface area contributed by atoms with Gasteiger partial charge in [-0.15, -0.1) is 0 Å². The maximum atomic E-state index is 11.3. The highest BCUT2D eigenvalue weighted by molar-refractivity contribution is 5.80. The second-order valence-electron chi connectivity index (χ2n) is 4.45. The van der Waals surface area contributed by atoms with Crippen LogP contribution in [0, 0.1) is 0 Å². The Morgan fingerprint density at radius 3 is 2.29 bits per heavy atom. The molecule has 0 N–H and O–H groups in total. The van der Waals surface area contributed by atoms with Crippen LogP contribution in [0.4, 0.5) is 0 Å². The summed E-state index contributed by atoms with van der Waals surface area (Å²) in [5.74, 6) is 0.372. The minimum atomic E-state index is 0.372. The molecular weight excluding hydrogens is 174 g/mol. The predicted octanol–water partition coefficient (Wildman–Crippen LogP) is 2.62. The predicted molar refractivity (Wildman–Crippen MR) is 59.4 cm³/mol. The van der Waals surface area contributed by atoms with Gasteiger partial charge < -0.3 is 0 Å². The van der Waals surface area contributed by atoms with Crippen LogP contribution in [0.5, 0.6) is 0 Å². The van der Waals surface area contributed by atoms with Gasteiger partial charge in [0.05, 0.1) is 6.54 Å². The number of carbonyl (C=O) groups excluding carboxylic acids is 1. The lowest BCUT2D eigenvalue weighted by Crippen LogP contribution is -2.35. The average molecular weight is 197 g/mol. The topological polar surface area (TPSA) is 20.3 Å². The molecule has 1 fully saturated rings. The van der Waals surface area contributed by atoms with Gasteiger partial charge in [-0.25, -0.2) is 0 Å². The first-order chi connectivity index (χ1) is 6.74. The molecule has 14 heavy (non-hydrogen) atoms. The highest BCUT2D eigenvalue weighted by atomic mass is 16.1. The summed E-state index contributed by atoms with van der Waals surface area (Å²) < 4.78 is 0. The molecule has 1 aliphatic rings. The number of ketones is 1. The summed E-state index contributed by atoms with van der Waals surface area (Å²) in [4.78, 5) is 13.6. The Morgan fingerprint density at radius 1 is 1.21 bits per heavy atom. The van der Waals surface area contributed by atoms with Crippen molar-refractivity contribution in [3.8, 4) is 0 Å². The first-order valence-electron chi connectivity index (χ1n) is 5.96. The molecule has 0 aromatic heterocycles. The van der Waals surface area contributed by atoms with Crippen LogP contribution in [0.15, 0.2) is 0 Å². The van der Waals surface area contributed by atoms with Gasteiger partial charge in [-0.2, -0.15) is 0 Å². The van der Waals surface area contributed by atoms with Gasteiger partial charge in [0, 0.05) is 12.5 Å². The van der Waals surface area contributed by atoms with Crippen molar-refractivity contribution in [3.05, 3.63) is 0 Å². The quantitative estimate of drug-likeness (QED) is 0.646. The van der Waals surface area contributed by atoms with E-state index in [0.29, 0.717) is 24.8 Å². The standard InChI is InChI=1S/C12H23NO/c1-3-12(14)10-13(2)11-8-6-4-5-7-9-11/h11H,3-10H2,1-2H3. The van der Waals surface area contributed by atoms with E-state index in [4.69, 9.17) is 0 Å². The second kappa shape index (κ2) is 6.18. The van der Waals surface area contributed by atoms with E-state index >= 15 is 0 Å². The second-order valence-corrected chi connectivity index (χ2v) is 4.45. The van der Waals surface area contributed by atoms with Gasteiger partial charge >= 0.3 is 0 Å². The van der Waals surface area contributed by atoms with Gasteiger partial charge in [-0.05, 0) is 19.9 Å². The van der Waals surface area contributed by atoms with Crippen LogP contribution in [0.3, 0.4) is 0 Å². The fourth-order valence-corrected chi connectivity index (χ4v) is 2.22. The number of hydrogen-bond acceptors (Lipinski definition) is 2. The minimum absolute atomic E-state index is 0.372. The monoisotopic (exact) mass is 197 g/mol. The van der Waals surface area contributed by atoms with Gasteiger partial charge in [0.25, 0.3) is 0 Å². The Kier molecular flexibility index (Phi) is 5.16.